The van der Waals surface area contributed by atoms with Crippen LogP contribution in [0.15, 0.2) is 60.7 Å². The van der Waals surface area contributed by atoms with Crippen molar-refractivity contribution in [3.05, 3.63) is 89.0 Å². The van der Waals surface area contributed by atoms with E-state index in [1.165, 1.54) is 37.4 Å². The van der Waals surface area contributed by atoms with Gasteiger partial charge in [-0.15, -0.1) is 0 Å². The van der Waals surface area contributed by atoms with Crippen molar-refractivity contribution in [2.75, 3.05) is 7.11 Å². The summed E-state index contributed by atoms with van der Waals surface area (Å²) in [5, 5.41) is 2.65. The van der Waals surface area contributed by atoms with E-state index < -0.39 is 17.5 Å². The number of methoxy groups -OCH3 is 1. The SMILES string of the molecule is COc1ccc(C(=O)NCc2ccccc2F)cc1Oc1ccc(CN)cc1F. The molecule has 0 aliphatic carbocycles. The second-order valence-corrected chi connectivity index (χ2v) is 6.21. The maximum atomic E-state index is 14.2. The summed E-state index contributed by atoms with van der Waals surface area (Å²) in [5.74, 6) is -0.931. The van der Waals surface area contributed by atoms with E-state index in [-0.39, 0.29) is 30.2 Å². The van der Waals surface area contributed by atoms with E-state index in [1.54, 1.807) is 30.3 Å². The summed E-state index contributed by atoms with van der Waals surface area (Å²) in [6, 6.07) is 15.1. The minimum Gasteiger partial charge on any atom is -0.493 e. The van der Waals surface area contributed by atoms with Crippen molar-refractivity contribution in [1.29, 1.82) is 0 Å². The van der Waals surface area contributed by atoms with Gasteiger partial charge in [-0.2, -0.15) is 0 Å². The number of benzene rings is 3. The molecule has 150 valence electrons. The minimum atomic E-state index is -0.579. The number of amides is 1. The van der Waals surface area contributed by atoms with Crippen LogP contribution in [0.2, 0.25) is 0 Å². The first-order chi connectivity index (χ1) is 14.0. The van der Waals surface area contributed by atoms with E-state index in [1.807, 2.05) is 0 Å². The number of halogens is 2. The highest BCUT2D eigenvalue weighted by Crippen LogP contribution is 2.33. The largest absolute Gasteiger partial charge is 0.493 e. The van der Waals surface area contributed by atoms with Crippen LogP contribution in [0.25, 0.3) is 0 Å². The van der Waals surface area contributed by atoms with Crippen molar-refractivity contribution >= 4 is 5.91 Å². The molecule has 0 saturated carbocycles. The highest BCUT2D eigenvalue weighted by molar-refractivity contribution is 5.94. The number of nitrogens with two attached hydrogens (primary N) is 1. The van der Waals surface area contributed by atoms with E-state index in [0.717, 1.165) is 0 Å². The van der Waals surface area contributed by atoms with Crippen LogP contribution in [0.4, 0.5) is 8.78 Å². The molecule has 0 bridgehead atoms. The van der Waals surface area contributed by atoms with Gasteiger partial charge in [-0.05, 0) is 42.0 Å². The third-order valence-corrected chi connectivity index (χ3v) is 4.27. The summed E-state index contributed by atoms with van der Waals surface area (Å²) in [4.78, 5) is 12.5. The Hall–Kier alpha value is -3.45. The van der Waals surface area contributed by atoms with Crippen LogP contribution in [0, 0.1) is 11.6 Å². The van der Waals surface area contributed by atoms with Crippen molar-refractivity contribution in [2.45, 2.75) is 13.1 Å². The van der Waals surface area contributed by atoms with Crippen LogP contribution in [0.1, 0.15) is 21.5 Å². The Balaban J connectivity index is 1.79. The number of hydrogen-bond acceptors (Lipinski definition) is 4. The van der Waals surface area contributed by atoms with Crippen LogP contribution in [0.5, 0.6) is 17.2 Å². The topological polar surface area (TPSA) is 73.6 Å². The van der Waals surface area contributed by atoms with E-state index >= 15 is 0 Å². The molecule has 3 N–H and O–H groups in total. The lowest BCUT2D eigenvalue weighted by molar-refractivity contribution is 0.0950. The Morgan fingerprint density at radius 2 is 1.72 bits per heavy atom. The molecule has 7 heteroatoms. The highest BCUT2D eigenvalue weighted by atomic mass is 19.1. The number of nitrogens with one attached hydrogen (secondary N) is 1. The minimum absolute atomic E-state index is 0.0237. The fourth-order valence-corrected chi connectivity index (χ4v) is 2.69. The molecule has 0 radical (unpaired) electrons. The summed E-state index contributed by atoms with van der Waals surface area (Å²) in [5.41, 5.74) is 6.76. The number of carbonyl (C=O) groups is 1. The molecule has 3 aromatic carbocycles. The first kappa shape index (κ1) is 20.3. The van der Waals surface area contributed by atoms with Gasteiger partial charge in [0.05, 0.1) is 7.11 Å². The fraction of sp³-hybridized carbons (Fsp3) is 0.136. The third kappa shape index (κ3) is 4.89. The fourth-order valence-electron chi connectivity index (χ4n) is 2.69. The first-order valence-electron chi connectivity index (χ1n) is 8.88. The molecule has 0 unspecified atom stereocenters. The number of rotatable bonds is 7. The lowest BCUT2D eigenvalue weighted by atomic mass is 10.1. The summed E-state index contributed by atoms with van der Waals surface area (Å²) in [6.45, 7) is 0.237. The Morgan fingerprint density at radius 1 is 0.966 bits per heavy atom. The van der Waals surface area contributed by atoms with Crippen LogP contribution in [-0.2, 0) is 13.1 Å². The van der Waals surface area contributed by atoms with Gasteiger partial charge < -0.3 is 20.5 Å². The third-order valence-electron chi connectivity index (χ3n) is 4.27. The Morgan fingerprint density at radius 3 is 2.41 bits per heavy atom. The van der Waals surface area contributed by atoms with Gasteiger partial charge in [-0.1, -0.05) is 24.3 Å². The van der Waals surface area contributed by atoms with Gasteiger partial charge in [0.15, 0.2) is 23.1 Å². The average Bonchev–Trinajstić information content (AvgIpc) is 2.74. The molecule has 0 aliphatic heterocycles. The smallest absolute Gasteiger partial charge is 0.251 e. The van der Waals surface area contributed by atoms with E-state index in [0.29, 0.717) is 16.9 Å². The van der Waals surface area contributed by atoms with Crippen molar-refractivity contribution in [3.8, 4) is 17.2 Å². The summed E-state index contributed by atoms with van der Waals surface area (Å²) in [6.07, 6.45) is 0. The molecule has 0 aromatic heterocycles. The van der Waals surface area contributed by atoms with Gasteiger partial charge in [0.2, 0.25) is 0 Å². The molecule has 0 fully saturated rings. The molecule has 1 amide bonds. The van der Waals surface area contributed by atoms with Crippen molar-refractivity contribution in [2.24, 2.45) is 5.73 Å². The van der Waals surface area contributed by atoms with Crippen molar-refractivity contribution in [3.63, 3.8) is 0 Å². The number of ether oxygens (including phenoxy) is 2. The monoisotopic (exact) mass is 398 g/mol. The quantitative estimate of drug-likeness (QED) is 0.627. The number of carbonyl (C=O) groups excluding carboxylic acids is 1. The van der Waals surface area contributed by atoms with E-state index in [9.17, 15) is 13.6 Å². The Labute approximate surface area is 167 Å². The molecule has 3 rings (SSSR count). The maximum Gasteiger partial charge on any atom is 0.251 e. The van der Waals surface area contributed by atoms with Gasteiger partial charge in [0.1, 0.15) is 5.82 Å². The second kappa shape index (κ2) is 9.16. The molecule has 3 aromatic rings. The maximum absolute atomic E-state index is 14.2. The molecule has 0 atom stereocenters. The summed E-state index contributed by atoms with van der Waals surface area (Å²) < 4.78 is 38.8. The predicted molar refractivity (Wildman–Crippen MR) is 105 cm³/mol. The van der Waals surface area contributed by atoms with Gasteiger partial charge in [-0.25, -0.2) is 8.78 Å². The van der Waals surface area contributed by atoms with Gasteiger partial charge in [0, 0.05) is 24.2 Å². The zero-order valence-corrected chi connectivity index (χ0v) is 15.7. The van der Waals surface area contributed by atoms with Gasteiger partial charge in [0.25, 0.3) is 5.91 Å². The second-order valence-electron chi connectivity index (χ2n) is 6.21. The van der Waals surface area contributed by atoms with E-state index in [4.69, 9.17) is 15.2 Å². The molecular formula is C22H20F2N2O3. The molecule has 0 heterocycles. The predicted octanol–water partition coefficient (Wildman–Crippen LogP) is 4.15. The lowest BCUT2D eigenvalue weighted by Crippen LogP contribution is -2.23. The highest BCUT2D eigenvalue weighted by Gasteiger charge is 2.14. The molecule has 0 spiro atoms. The van der Waals surface area contributed by atoms with Crippen LogP contribution >= 0.6 is 0 Å². The van der Waals surface area contributed by atoms with Gasteiger partial charge in [-0.3, -0.25) is 4.79 Å². The van der Waals surface area contributed by atoms with E-state index in [2.05, 4.69) is 5.32 Å². The van der Waals surface area contributed by atoms with Gasteiger partial charge >= 0.3 is 0 Å². The first-order valence-corrected chi connectivity index (χ1v) is 8.88. The Kier molecular flexibility index (Phi) is 6.41. The van der Waals surface area contributed by atoms with Crippen LogP contribution in [-0.4, -0.2) is 13.0 Å². The lowest BCUT2D eigenvalue weighted by Gasteiger charge is -2.13. The normalized spacial score (nSPS) is 10.5. The van der Waals surface area contributed by atoms with Crippen molar-refractivity contribution in [1.82, 2.24) is 5.32 Å². The molecular weight excluding hydrogens is 378 g/mol. The molecule has 0 aliphatic rings. The molecule has 5 nitrogen and oxygen atoms in total. The van der Waals surface area contributed by atoms with Crippen LogP contribution < -0.4 is 20.5 Å². The standard InChI is InChI=1S/C22H20F2N2O3/c1-28-20-9-7-15(22(27)26-13-16-4-2-3-5-17(16)23)11-21(20)29-19-8-6-14(12-25)10-18(19)24/h2-11H,12-13,25H2,1H3,(H,26,27). The Bertz CT molecular complexity index is 1020. The molecule has 0 saturated heterocycles. The zero-order chi connectivity index (χ0) is 20.8. The zero-order valence-electron chi connectivity index (χ0n) is 15.7. The van der Waals surface area contributed by atoms with Crippen molar-refractivity contribution < 1.29 is 23.0 Å². The van der Waals surface area contributed by atoms with Crippen LogP contribution in [0.3, 0.4) is 0 Å². The molecule has 29 heavy (non-hydrogen) atoms. The number of hydrogen-bond donors (Lipinski definition) is 2. The average molecular weight is 398 g/mol. The summed E-state index contributed by atoms with van der Waals surface area (Å²) in [7, 11) is 1.44. The summed E-state index contributed by atoms with van der Waals surface area (Å²) >= 11 is 0.